The van der Waals surface area contributed by atoms with Crippen LogP contribution < -0.4 is 20.7 Å². The molecule has 7 heteroatoms. The van der Waals surface area contributed by atoms with Gasteiger partial charge in [0.05, 0.1) is 34.8 Å². The van der Waals surface area contributed by atoms with Gasteiger partial charge in [0.2, 0.25) is 6.41 Å². The highest BCUT2D eigenvalue weighted by molar-refractivity contribution is 5.86. The minimum Gasteiger partial charge on any atom is -0.455 e. The van der Waals surface area contributed by atoms with Crippen LogP contribution in [-0.4, -0.2) is 13.0 Å². The summed E-state index contributed by atoms with van der Waals surface area (Å²) >= 11 is 0. The van der Waals surface area contributed by atoms with E-state index in [2.05, 4.69) is 17.5 Å². The van der Waals surface area contributed by atoms with E-state index in [9.17, 15) is 4.79 Å². The van der Waals surface area contributed by atoms with Gasteiger partial charge in [-0.2, -0.15) is 10.5 Å². The van der Waals surface area contributed by atoms with Gasteiger partial charge in [0, 0.05) is 24.7 Å². The zero-order chi connectivity index (χ0) is 24.7. The summed E-state index contributed by atoms with van der Waals surface area (Å²) in [4.78, 5) is 13.3. The Morgan fingerprint density at radius 2 is 1.76 bits per heavy atom. The van der Waals surface area contributed by atoms with Crippen molar-refractivity contribution in [2.75, 3.05) is 22.5 Å². The average Bonchev–Trinajstić information content (AvgIpc) is 2.83. The third-order valence-electron chi connectivity index (χ3n) is 5.46. The van der Waals surface area contributed by atoms with Crippen molar-refractivity contribution < 1.29 is 9.53 Å². The molecule has 172 valence electrons. The Morgan fingerprint density at radius 1 is 1.09 bits per heavy atom. The number of nitrogens with two attached hydrogens (primary N) is 1. The van der Waals surface area contributed by atoms with E-state index in [1.807, 2.05) is 32.9 Å². The number of ether oxygens (including phenoxy) is 1. The van der Waals surface area contributed by atoms with Crippen molar-refractivity contribution in [3.8, 4) is 23.6 Å². The van der Waals surface area contributed by atoms with Crippen LogP contribution in [0.4, 0.5) is 22.7 Å². The maximum absolute atomic E-state index is 11.7. The summed E-state index contributed by atoms with van der Waals surface area (Å²) in [6, 6.07) is 18.8. The van der Waals surface area contributed by atoms with Crippen molar-refractivity contribution in [1.82, 2.24) is 0 Å². The molecular weight excluding hydrogens is 426 g/mol. The monoisotopic (exact) mass is 453 g/mol. The number of nitrogens with one attached hydrogen (secondary N) is 1. The number of benzene rings is 3. The molecular formula is C27H27N5O2. The van der Waals surface area contributed by atoms with Crippen LogP contribution in [0.5, 0.6) is 11.5 Å². The van der Waals surface area contributed by atoms with E-state index in [4.69, 9.17) is 21.0 Å². The van der Waals surface area contributed by atoms with Crippen LogP contribution in [0.1, 0.15) is 35.6 Å². The second-order valence-electron chi connectivity index (χ2n) is 7.93. The number of carbonyl (C=O) groups is 1. The van der Waals surface area contributed by atoms with Gasteiger partial charge >= 0.3 is 0 Å². The van der Waals surface area contributed by atoms with Gasteiger partial charge in [-0.3, -0.25) is 4.79 Å². The predicted octanol–water partition coefficient (Wildman–Crippen LogP) is 5.73. The number of amides is 1. The molecule has 0 radical (unpaired) electrons. The fourth-order valence-corrected chi connectivity index (χ4v) is 3.74. The lowest BCUT2D eigenvalue weighted by atomic mass is 10.0. The van der Waals surface area contributed by atoms with E-state index in [1.165, 1.54) is 4.90 Å². The van der Waals surface area contributed by atoms with Crippen molar-refractivity contribution in [2.24, 2.45) is 0 Å². The predicted molar refractivity (Wildman–Crippen MR) is 134 cm³/mol. The quantitative estimate of drug-likeness (QED) is 0.316. The Kier molecular flexibility index (Phi) is 7.74. The summed E-state index contributed by atoms with van der Waals surface area (Å²) in [5.74, 6) is 1.17. The molecule has 0 bridgehead atoms. The molecule has 3 rings (SSSR count). The van der Waals surface area contributed by atoms with Gasteiger partial charge in [0.1, 0.15) is 5.75 Å². The summed E-state index contributed by atoms with van der Waals surface area (Å²) in [5.41, 5.74) is 12.2. The average molecular weight is 454 g/mol. The van der Waals surface area contributed by atoms with E-state index in [0.717, 1.165) is 28.8 Å². The highest BCUT2D eigenvalue weighted by Crippen LogP contribution is 2.41. The summed E-state index contributed by atoms with van der Waals surface area (Å²) in [7, 11) is 0. The first-order valence-electron chi connectivity index (χ1n) is 11.0. The first-order valence-corrected chi connectivity index (χ1v) is 11.0. The molecule has 3 aromatic carbocycles. The number of carbonyl (C=O) groups excluding carboxylic acids is 1. The second kappa shape index (κ2) is 10.9. The van der Waals surface area contributed by atoms with Crippen LogP contribution in [0.3, 0.4) is 0 Å². The van der Waals surface area contributed by atoms with Gasteiger partial charge in [-0.15, -0.1) is 0 Å². The molecule has 3 aromatic rings. The molecule has 0 aliphatic heterocycles. The maximum Gasteiger partial charge on any atom is 0.214 e. The minimum atomic E-state index is 0.451. The Morgan fingerprint density at radius 3 is 2.32 bits per heavy atom. The van der Waals surface area contributed by atoms with Crippen LogP contribution >= 0.6 is 0 Å². The number of anilines is 4. The number of rotatable bonds is 9. The van der Waals surface area contributed by atoms with Crippen molar-refractivity contribution in [2.45, 2.75) is 33.6 Å². The molecule has 34 heavy (non-hydrogen) atoms. The Balaban J connectivity index is 2.03. The fraction of sp³-hybridized carbons (Fsp3) is 0.222. The third-order valence-corrected chi connectivity index (χ3v) is 5.46. The Hall–Kier alpha value is -4.49. The lowest BCUT2D eigenvalue weighted by Gasteiger charge is -2.23. The summed E-state index contributed by atoms with van der Waals surface area (Å²) in [6.07, 6.45) is 1.88. The topological polar surface area (TPSA) is 115 Å². The summed E-state index contributed by atoms with van der Waals surface area (Å²) < 4.78 is 6.38. The molecule has 0 unspecified atom stereocenters. The molecule has 0 spiro atoms. The largest absolute Gasteiger partial charge is 0.455 e. The van der Waals surface area contributed by atoms with Crippen LogP contribution in [0.15, 0.2) is 48.5 Å². The zero-order valence-corrected chi connectivity index (χ0v) is 19.6. The molecule has 3 N–H and O–H groups in total. The molecule has 1 amide bonds. The van der Waals surface area contributed by atoms with E-state index in [1.54, 1.807) is 36.4 Å². The van der Waals surface area contributed by atoms with Crippen molar-refractivity contribution >= 4 is 29.2 Å². The molecule has 0 heterocycles. The van der Waals surface area contributed by atoms with Gasteiger partial charge in [-0.1, -0.05) is 12.1 Å². The molecule has 7 nitrogen and oxygen atoms in total. The number of nitrogen functional groups attached to an aromatic ring is 1. The zero-order valence-electron chi connectivity index (χ0n) is 19.6. The molecule has 0 aromatic heterocycles. The molecule has 0 saturated carbocycles. The van der Waals surface area contributed by atoms with Gasteiger partial charge in [0.15, 0.2) is 5.75 Å². The van der Waals surface area contributed by atoms with Gasteiger partial charge in [-0.25, -0.2) is 0 Å². The van der Waals surface area contributed by atoms with E-state index < -0.39 is 0 Å². The number of hydrogen-bond donors (Lipinski definition) is 2. The molecule has 0 fully saturated rings. The molecule has 0 atom stereocenters. The molecule has 0 aliphatic carbocycles. The van der Waals surface area contributed by atoms with Crippen LogP contribution in [0.25, 0.3) is 0 Å². The number of nitrogens with zero attached hydrogens (tertiary/aromatic N) is 3. The minimum absolute atomic E-state index is 0.451. The van der Waals surface area contributed by atoms with E-state index in [-0.39, 0.29) is 0 Å². The standard InChI is InChI=1S/C27H27N5O2/c1-4-32(17-33)25-14-23(30)24(31-22-9-7-20(16-29)8-10-22)15-26(25)34-27-18(2)12-21(6-5-11-28)13-19(27)3/h7-10,12-15,17,31H,4-6,30H2,1-3H3. The highest BCUT2D eigenvalue weighted by atomic mass is 16.5. The van der Waals surface area contributed by atoms with Crippen LogP contribution in [0.2, 0.25) is 0 Å². The second-order valence-corrected chi connectivity index (χ2v) is 7.93. The third kappa shape index (κ3) is 5.46. The van der Waals surface area contributed by atoms with Gasteiger partial charge in [-0.05, 0) is 74.2 Å². The van der Waals surface area contributed by atoms with Crippen LogP contribution in [0, 0.1) is 36.5 Å². The number of nitriles is 2. The lowest BCUT2D eigenvalue weighted by molar-refractivity contribution is -0.107. The van der Waals surface area contributed by atoms with Crippen LogP contribution in [-0.2, 0) is 11.2 Å². The SMILES string of the molecule is CCN(C=O)c1cc(N)c(Nc2ccc(C#N)cc2)cc1Oc1c(C)cc(CCC#N)cc1C. The van der Waals surface area contributed by atoms with Crippen molar-refractivity contribution in [3.05, 3.63) is 70.8 Å². The van der Waals surface area contributed by atoms with E-state index >= 15 is 0 Å². The maximum atomic E-state index is 11.7. The van der Waals surface area contributed by atoms with E-state index in [0.29, 0.717) is 53.5 Å². The molecule has 0 saturated heterocycles. The number of hydrogen-bond acceptors (Lipinski definition) is 6. The van der Waals surface area contributed by atoms with Gasteiger partial charge < -0.3 is 20.7 Å². The normalized spacial score (nSPS) is 10.1. The first-order chi connectivity index (χ1) is 16.4. The Labute approximate surface area is 200 Å². The lowest BCUT2D eigenvalue weighted by Crippen LogP contribution is -2.21. The first kappa shape index (κ1) is 24.2. The highest BCUT2D eigenvalue weighted by Gasteiger charge is 2.17. The summed E-state index contributed by atoms with van der Waals surface area (Å²) in [6.45, 7) is 6.25. The summed E-state index contributed by atoms with van der Waals surface area (Å²) in [5, 5.41) is 21.2. The van der Waals surface area contributed by atoms with Crippen molar-refractivity contribution in [3.63, 3.8) is 0 Å². The van der Waals surface area contributed by atoms with Gasteiger partial charge in [0.25, 0.3) is 0 Å². The smallest absolute Gasteiger partial charge is 0.214 e. The molecule has 0 aliphatic rings. The number of aryl methyl sites for hydroxylation is 3. The van der Waals surface area contributed by atoms with Crippen molar-refractivity contribution in [1.29, 1.82) is 10.5 Å². The fourth-order valence-electron chi connectivity index (χ4n) is 3.74. The Bertz CT molecular complexity index is 1250.